The van der Waals surface area contributed by atoms with Crippen LogP contribution < -0.4 is 5.32 Å². The van der Waals surface area contributed by atoms with Crippen molar-refractivity contribution in [3.05, 3.63) is 78.3 Å². The Balaban J connectivity index is 1.59. The Labute approximate surface area is 163 Å². The fourth-order valence-corrected chi connectivity index (χ4v) is 2.75. The Morgan fingerprint density at radius 1 is 1.00 bits per heavy atom. The highest BCUT2D eigenvalue weighted by molar-refractivity contribution is 6.04. The smallest absolute Gasteiger partial charge is 0.262 e. The number of aryl methyl sites for hydroxylation is 1. The average Bonchev–Trinajstić information content (AvgIpc) is 3.24. The fourth-order valence-electron chi connectivity index (χ4n) is 2.75. The SMILES string of the molecule is Cc1ccc(-c2cnco2)cc1-c1cnc(NC(=O)c2c(F)cncc2F)cn1. The number of pyridine rings is 1. The maximum Gasteiger partial charge on any atom is 0.262 e. The predicted octanol–water partition coefficient (Wildman–Crippen LogP) is 4.03. The molecule has 3 aromatic heterocycles. The first-order chi connectivity index (χ1) is 14.0. The minimum absolute atomic E-state index is 0.0541. The third-order valence-electron chi connectivity index (χ3n) is 4.20. The molecule has 0 aliphatic rings. The molecule has 0 saturated heterocycles. The number of carbonyl (C=O) groups is 1. The number of aromatic nitrogens is 4. The number of hydrogen-bond acceptors (Lipinski definition) is 6. The summed E-state index contributed by atoms with van der Waals surface area (Å²) in [5.74, 6) is -2.44. The van der Waals surface area contributed by atoms with E-state index in [4.69, 9.17) is 4.42 Å². The molecule has 0 atom stereocenters. The van der Waals surface area contributed by atoms with E-state index in [1.54, 1.807) is 6.20 Å². The van der Waals surface area contributed by atoms with Gasteiger partial charge in [-0.2, -0.15) is 0 Å². The van der Waals surface area contributed by atoms with Gasteiger partial charge in [-0.05, 0) is 18.6 Å². The van der Waals surface area contributed by atoms with Crippen LogP contribution in [0.3, 0.4) is 0 Å². The van der Waals surface area contributed by atoms with Gasteiger partial charge in [-0.25, -0.2) is 18.7 Å². The summed E-state index contributed by atoms with van der Waals surface area (Å²) < 4.78 is 32.7. The van der Waals surface area contributed by atoms with Crippen LogP contribution in [-0.4, -0.2) is 25.8 Å². The van der Waals surface area contributed by atoms with Gasteiger partial charge in [-0.3, -0.25) is 14.8 Å². The van der Waals surface area contributed by atoms with Crippen molar-refractivity contribution in [1.29, 1.82) is 0 Å². The van der Waals surface area contributed by atoms with E-state index in [1.165, 1.54) is 18.8 Å². The van der Waals surface area contributed by atoms with Gasteiger partial charge in [0.05, 0.1) is 36.7 Å². The second-order valence-electron chi connectivity index (χ2n) is 6.11. The summed E-state index contributed by atoms with van der Waals surface area (Å²) in [6.45, 7) is 1.92. The van der Waals surface area contributed by atoms with Gasteiger partial charge in [-0.1, -0.05) is 12.1 Å². The van der Waals surface area contributed by atoms with E-state index in [1.807, 2.05) is 25.1 Å². The molecule has 0 aliphatic carbocycles. The van der Waals surface area contributed by atoms with E-state index in [-0.39, 0.29) is 5.82 Å². The van der Waals surface area contributed by atoms with Crippen molar-refractivity contribution < 1.29 is 18.0 Å². The number of benzene rings is 1. The lowest BCUT2D eigenvalue weighted by Crippen LogP contribution is -2.17. The molecule has 1 N–H and O–H groups in total. The molecule has 4 rings (SSSR count). The minimum Gasteiger partial charge on any atom is -0.444 e. The number of hydrogen-bond donors (Lipinski definition) is 1. The molecule has 7 nitrogen and oxygen atoms in total. The second kappa shape index (κ2) is 7.55. The van der Waals surface area contributed by atoms with Gasteiger partial charge in [0.15, 0.2) is 29.6 Å². The van der Waals surface area contributed by atoms with Gasteiger partial charge in [0.2, 0.25) is 0 Å². The van der Waals surface area contributed by atoms with Crippen molar-refractivity contribution in [3.63, 3.8) is 0 Å². The third kappa shape index (κ3) is 3.70. The van der Waals surface area contributed by atoms with Gasteiger partial charge in [-0.15, -0.1) is 0 Å². The third-order valence-corrected chi connectivity index (χ3v) is 4.20. The van der Waals surface area contributed by atoms with E-state index >= 15 is 0 Å². The molecule has 144 valence electrons. The van der Waals surface area contributed by atoms with Gasteiger partial charge >= 0.3 is 0 Å². The van der Waals surface area contributed by atoms with Crippen LogP contribution in [0.25, 0.3) is 22.6 Å². The zero-order chi connectivity index (χ0) is 20.4. The van der Waals surface area contributed by atoms with Crippen LogP contribution >= 0.6 is 0 Å². The summed E-state index contributed by atoms with van der Waals surface area (Å²) >= 11 is 0. The Bertz CT molecular complexity index is 1160. The second-order valence-corrected chi connectivity index (χ2v) is 6.11. The minimum atomic E-state index is -1.06. The highest BCUT2D eigenvalue weighted by atomic mass is 19.1. The fraction of sp³-hybridized carbons (Fsp3) is 0.0500. The lowest BCUT2D eigenvalue weighted by atomic mass is 10.0. The maximum absolute atomic E-state index is 13.7. The largest absolute Gasteiger partial charge is 0.444 e. The molecule has 0 saturated carbocycles. The topological polar surface area (TPSA) is 93.8 Å². The monoisotopic (exact) mass is 393 g/mol. The standard InChI is InChI=1S/C20H13F2N5O2/c1-11-2-3-12(17-8-24-10-29-17)4-13(11)16-7-26-18(9-25-16)27-20(28)19-14(21)5-23-6-15(19)22/h2-10H,1H3,(H,26,27,28). The van der Waals surface area contributed by atoms with Crippen LogP contribution in [0, 0.1) is 18.6 Å². The van der Waals surface area contributed by atoms with E-state index in [0.717, 1.165) is 29.1 Å². The van der Waals surface area contributed by atoms with Gasteiger partial charge in [0.25, 0.3) is 5.91 Å². The average molecular weight is 393 g/mol. The molecule has 4 aromatic rings. The van der Waals surface area contributed by atoms with Crippen LogP contribution in [0.5, 0.6) is 0 Å². The normalized spacial score (nSPS) is 10.7. The van der Waals surface area contributed by atoms with Gasteiger partial charge in [0, 0.05) is 11.1 Å². The number of nitrogens with one attached hydrogen (secondary N) is 1. The van der Waals surface area contributed by atoms with Crippen molar-refractivity contribution in [1.82, 2.24) is 19.9 Å². The molecule has 29 heavy (non-hydrogen) atoms. The summed E-state index contributed by atoms with van der Waals surface area (Å²) in [4.78, 5) is 27.8. The van der Waals surface area contributed by atoms with Crippen molar-refractivity contribution in [2.24, 2.45) is 0 Å². The highest BCUT2D eigenvalue weighted by Gasteiger charge is 2.18. The summed E-state index contributed by atoms with van der Waals surface area (Å²) in [5.41, 5.74) is 2.42. The van der Waals surface area contributed by atoms with E-state index < -0.39 is 23.1 Å². The zero-order valence-electron chi connectivity index (χ0n) is 15.1. The number of nitrogens with zero attached hydrogens (tertiary/aromatic N) is 4. The highest BCUT2D eigenvalue weighted by Crippen LogP contribution is 2.28. The zero-order valence-corrected chi connectivity index (χ0v) is 15.1. The van der Waals surface area contributed by atoms with Crippen LogP contribution in [0.1, 0.15) is 15.9 Å². The number of oxazole rings is 1. The number of carbonyl (C=O) groups excluding carboxylic acids is 1. The number of anilines is 1. The van der Waals surface area contributed by atoms with E-state index in [0.29, 0.717) is 11.5 Å². The van der Waals surface area contributed by atoms with E-state index in [2.05, 4.69) is 25.3 Å². The molecule has 1 amide bonds. The lowest BCUT2D eigenvalue weighted by molar-refractivity contribution is 0.101. The van der Waals surface area contributed by atoms with Crippen molar-refractivity contribution in [2.75, 3.05) is 5.32 Å². The Kier molecular flexibility index (Phi) is 4.78. The summed E-state index contributed by atoms with van der Waals surface area (Å²) in [6, 6.07) is 5.71. The first-order valence-corrected chi connectivity index (χ1v) is 8.45. The first kappa shape index (κ1) is 18.4. The van der Waals surface area contributed by atoms with Crippen LogP contribution in [0.15, 0.2) is 60.0 Å². The van der Waals surface area contributed by atoms with Crippen LogP contribution in [0.4, 0.5) is 14.6 Å². The van der Waals surface area contributed by atoms with Crippen LogP contribution in [-0.2, 0) is 0 Å². The molecule has 0 aliphatic heterocycles. The summed E-state index contributed by atoms with van der Waals surface area (Å²) in [5, 5.41) is 2.32. The van der Waals surface area contributed by atoms with Crippen molar-refractivity contribution >= 4 is 11.7 Å². The Morgan fingerprint density at radius 2 is 1.79 bits per heavy atom. The van der Waals surface area contributed by atoms with Gasteiger partial charge < -0.3 is 9.73 Å². The maximum atomic E-state index is 13.7. The molecule has 0 unspecified atom stereocenters. The van der Waals surface area contributed by atoms with Gasteiger partial charge in [0.1, 0.15) is 5.56 Å². The molecule has 1 aromatic carbocycles. The molecule has 0 bridgehead atoms. The molecule has 9 heteroatoms. The quantitative estimate of drug-likeness (QED) is 0.563. The molecule has 0 spiro atoms. The summed E-state index contributed by atoms with van der Waals surface area (Å²) in [6.07, 6.45) is 7.25. The Hall–Kier alpha value is -4.01. The molecular formula is C20H13F2N5O2. The number of rotatable bonds is 4. The van der Waals surface area contributed by atoms with Crippen LogP contribution in [0.2, 0.25) is 0 Å². The van der Waals surface area contributed by atoms with Crippen molar-refractivity contribution in [2.45, 2.75) is 6.92 Å². The summed E-state index contributed by atoms with van der Waals surface area (Å²) in [7, 11) is 0. The molecule has 3 heterocycles. The molecule has 0 fully saturated rings. The number of halogens is 2. The number of amides is 1. The van der Waals surface area contributed by atoms with Crippen molar-refractivity contribution in [3.8, 4) is 22.6 Å². The molecular weight excluding hydrogens is 380 g/mol. The van der Waals surface area contributed by atoms with E-state index in [9.17, 15) is 13.6 Å². The predicted molar refractivity (Wildman–Crippen MR) is 99.8 cm³/mol. The Morgan fingerprint density at radius 3 is 2.45 bits per heavy atom. The first-order valence-electron chi connectivity index (χ1n) is 8.45. The lowest BCUT2D eigenvalue weighted by Gasteiger charge is -2.09. The molecule has 0 radical (unpaired) electrons.